The minimum atomic E-state index is -0.331. The Hall–Kier alpha value is -1.85. The molecule has 1 aromatic rings. The molecular formula is C8H11N3O3. The second kappa shape index (κ2) is 3.91. The van der Waals surface area contributed by atoms with Crippen LogP contribution in [0.4, 0.5) is 0 Å². The number of aromatic hydroxyl groups is 1. The van der Waals surface area contributed by atoms with Gasteiger partial charge in [0.05, 0.1) is 7.11 Å². The van der Waals surface area contributed by atoms with E-state index < -0.39 is 0 Å². The van der Waals surface area contributed by atoms with E-state index in [9.17, 15) is 4.79 Å². The van der Waals surface area contributed by atoms with E-state index in [1.807, 2.05) is 0 Å². The summed E-state index contributed by atoms with van der Waals surface area (Å²) in [5.74, 6) is -0.496. The van der Waals surface area contributed by atoms with E-state index in [0.717, 1.165) is 0 Å². The van der Waals surface area contributed by atoms with Gasteiger partial charge in [-0.15, -0.1) is 10.2 Å². The highest BCUT2D eigenvalue weighted by atomic mass is 16.5. The molecule has 0 aliphatic rings. The average Bonchev–Trinajstić information content (AvgIpc) is 2.17. The molecule has 0 aromatic carbocycles. The van der Waals surface area contributed by atoms with Crippen molar-refractivity contribution in [3.63, 3.8) is 0 Å². The van der Waals surface area contributed by atoms with Gasteiger partial charge < -0.3 is 14.7 Å². The van der Waals surface area contributed by atoms with Gasteiger partial charge in [-0.05, 0) is 0 Å². The average molecular weight is 197 g/mol. The van der Waals surface area contributed by atoms with Crippen LogP contribution in [0.15, 0.2) is 6.07 Å². The lowest BCUT2D eigenvalue weighted by Crippen LogP contribution is -2.23. The normalized spacial score (nSPS) is 9.64. The van der Waals surface area contributed by atoms with Gasteiger partial charge in [-0.25, -0.2) is 0 Å². The first kappa shape index (κ1) is 10.2. The topological polar surface area (TPSA) is 75.5 Å². The Balaban J connectivity index is 3.06. The number of hydrogen-bond donors (Lipinski definition) is 1. The molecule has 0 radical (unpaired) electrons. The molecule has 1 N–H and O–H groups in total. The zero-order valence-electron chi connectivity index (χ0n) is 8.18. The fourth-order valence-electron chi connectivity index (χ4n) is 0.852. The molecule has 76 valence electrons. The zero-order chi connectivity index (χ0) is 10.7. The molecule has 1 heterocycles. The molecule has 0 unspecified atom stereocenters. The van der Waals surface area contributed by atoms with Gasteiger partial charge in [0, 0.05) is 20.2 Å². The monoisotopic (exact) mass is 197 g/mol. The summed E-state index contributed by atoms with van der Waals surface area (Å²) in [6.45, 7) is 0. The summed E-state index contributed by atoms with van der Waals surface area (Å²) < 4.78 is 4.79. The lowest BCUT2D eigenvalue weighted by Gasteiger charge is -2.09. The van der Waals surface area contributed by atoms with Crippen LogP contribution in [-0.4, -0.2) is 47.3 Å². The van der Waals surface area contributed by atoms with E-state index >= 15 is 0 Å². The predicted molar refractivity (Wildman–Crippen MR) is 48.3 cm³/mol. The van der Waals surface area contributed by atoms with E-state index in [0.29, 0.717) is 0 Å². The molecule has 0 fully saturated rings. The first-order valence-electron chi connectivity index (χ1n) is 3.88. The number of aromatic nitrogens is 2. The Labute approximate surface area is 81.1 Å². The molecule has 0 bridgehead atoms. The highest BCUT2D eigenvalue weighted by Gasteiger charge is 2.13. The molecule has 14 heavy (non-hydrogen) atoms. The smallest absolute Gasteiger partial charge is 0.274 e. The van der Waals surface area contributed by atoms with Crippen LogP contribution in [0, 0.1) is 0 Å². The molecule has 1 amide bonds. The van der Waals surface area contributed by atoms with E-state index in [4.69, 9.17) is 9.84 Å². The van der Waals surface area contributed by atoms with Gasteiger partial charge >= 0.3 is 0 Å². The quantitative estimate of drug-likeness (QED) is 0.716. The second-order valence-corrected chi connectivity index (χ2v) is 2.82. The third kappa shape index (κ3) is 1.90. The SMILES string of the molecule is COc1cc(C(=O)N(C)C)nnc1O. The van der Waals surface area contributed by atoms with Gasteiger partial charge in [0.15, 0.2) is 11.4 Å². The highest BCUT2D eigenvalue weighted by molar-refractivity contribution is 5.92. The van der Waals surface area contributed by atoms with Gasteiger partial charge in [-0.3, -0.25) is 4.79 Å². The third-order valence-corrected chi connectivity index (χ3v) is 1.59. The first-order chi connectivity index (χ1) is 6.56. The van der Waals surface area contributed by atoms with Crippen LogP contribution in [0.1, 0.15) is 10.5 Å². The standard InChI is InChI=1S/C8H11N3O3/c1-11(2)8(13)5-4-6(14-3)7(12)10-9-5/h4H,1-3H3,(H,10,12). The molecule has 6 heteroatoms. The fourth-order valence-corrected chi connectivity index (χ4v) is 0.852. The van der Waals surface area contributed by atoms with E-state index in [2.05, 4.69) is 10.2 Å². The molecule has 0 saturated carbocycles. The first-order valence-corrected chi connectivity index (χ1v) is 3.88. The van der Waals surface area contributed by atoms with Crippen molar-refractivity contribution in [1.29, 1.82) is 0 Å². The number of nitrogens with zero attached hydrogens (tertiary/aromatic N) is 3. The van der Waals surface area contributed by atoms with E-state index in [1.54, 1.807) is 14.1 Å². The molecular weight excluding hydrogens is 186 g/mol. The van der Waals surface area contributed by atoms with E-state index in [-0.39, 0.29) is 23.2 Å². The van der Waals surface area contributed by atoms with Crippen molar-refractivity contribution in [2.24, 2.45) is 0 Å². The molecule has 0 saturated heterocycles. The van der Waals surface area contributed by atoms with Crippen molar-refractivity contribution in [3.8, 4) is 11.6 Å². The van der Waals surface area contributed by atoms with Crippen molar-refractivity contribution in [3.05, 3.63) is 11.8 Å². The van der Waals surface area contributed by atoms with Crippen LogP contribution in [0.3, 0.4) is 0 Å². The minimum Gasteiger partial charge on any atom is -0.491 e. The number of hydrogen-bond acceptors (Lipinski definition) is 5. The molecule has 6 nitrogen and oxygen atoms in total. The van der Waals surface area contributed by atoms with Crippen molar-refractivity contribution < 1.29 is 14.6 Å². The summed E-state index contributed by atoms with van der Waals surface area (Å²) in [5.41, 5.74) is 0.129. The molecule has 0 atom stereocenters. The van der Waals surface area contributed by atoms with E-state index in [1.165, 1.54) is 18.1 Å². The number of amides is 1. The summed E-state index contributed by atoms with van der Waals surface area (Å²) in [4.78, 5) is 12.8. The number of methoxy groups -OCH3 is 1. The molecule has 0 spiro atoms. The zero-order valence-corrected chi connectivity index (χ0v) is 8.18. The number of rotatable bonds is 2. The van der Waals surface area contributed by atoms with Gasteiger partial charge in [0.1, 0.15) is 0 Å². The van der Waals surface area contributed by atoms with Crippen molar-refractivity contribution in [2.75, 3.05) is 21.2 Å². The maximum Gasteiger partial charge on any atom is 0.274 e. The number of ether oxygens (including phenoxy) is 1. The fraction of sp³-hybridized carbons (Fsp3) is 0.375. The summed E-state index contributed by atoms with van der Waals surface area (Å²) in [7, 11) is 4.58. The number of carbonyl (C=O) groups excluding carboxylic acids is 1. The Kier molecular flexibility index (Phi) is 2.85. The molecule has 0 aliphatic heterocycles. The van der Waals surface area contributed by atoms with Crippen LogP contribution in [0.2, 0.25) is 0 Å². The molecule has 1 aromatic heterocycles. The van der Waals surface area contributed by atoms with Gasteiger partial charge in [-0.1, -0.05) is 0 Å². The van der Waals surface area contributed by atoms with Gasteiger partial charge in [-0.2, -0.15) is 0 Å². The van der Waals surface area contributed by atoms with Crippen molar-refractivity contribution in [2.45, 2.75) is 0 Å². The van der Waals surface area contributed by atoms with Crippen molar-refractivity contribution >= 4 is 5.91 Å². The maximum absolute atomic E-state index is 11.4. The Morgan fingerprint density at radius 1 is 1.50 bits per heavy atom. The largest absolute Gasteiger partial charge is 0.491 e. The Morgan fingerprint density at radius 2 is 2.14 bits per heavy atom. The summed E-state index contributed by atoms with van der Waals surface area (Å²) >= 11 is 0. The lowest BCUT2D eigenvalue weighted by atomic mass is 10.3. The van der Waals surface area contributed by atoms with Crippen LogP contribution in [0.5, 0.6) is 11.6 Å². The summed E-state index contributed by atoms with van der Waals surface area (Å²) in [6, 6.07) is 1.34. The lowest BCUT2D eigenvalue weighted by molar-refractivity contribution is 0.0820. The Morgan fingerprint density at radius 3 is 2.64 bits per heavy atom. The molecule has 0 aliphatic carbocycles. The van der Waals surface area contributed by atoms with Crippen LogP contribution >= 0.6 is 0 Å². The number of carbonyl (C=O) groups is 1. The van der Waals surface area contributed by atoms with Crippen LogP contribution < -0.4 is 4.74 Å². The second-order valence-electron chi connectivity index (χ2n) is 2.82. The van der Waals surface area contributed by atoms with Gasteiger partial charge in [0.25, 0.3) is 11.8 Å². The van der Waals surface area contributed by atoms with Gasteiger partial charge in [0.2, 0.25) is 0 Å². The Bertz CT molecular complexity index is 352. The highest BCUT2D eigenvalue weighted by Crippen LogP contribution is 2.21. The van der Waals surface area contributed by atoms with Crippen LogP contribution in [-0.2, 0) is 0 Å². The predicted octanol–water partition coefficient (Wildman–Crippen LogP) is -0.107. The van der Waals surface area contributed by atoms with Crippen LogP contribution in [0.25, 0.3) is 0 Å². The maximum atomic E-state index is 11.4. The minimum absolute atomic E-state index is 0.129. The summed E-state index contributed by atoms with van der Waals surface area (Å²) in [5, 5.41) is 16.1. The molecule has 1 rings (SSSR count). The summed E-state index contributed by atoms with van der Waals surface area (Å²) in [6.07, 6.45) is 0. The van der Waals surface area contributed by atoms with Crippen molar-refractivity contribution in [1.82, 2.24) is 15.1 Å². The third-order valence-electron chi connectivity index (χ3n) is 1.59.